The van der Waals surface area contributed by atoms with Crippen LogP contribution in [0.15, 0.2) is 45.7 Å². The molecule has 0 atom stereocenters. The van der Waals surface area contributed by atoms with Crippen molar-refractivity contribution in [2.75, 3.05) is 19.6 Å². The van der Waals surface area contributed by atoms with Crippen LogP contribution in [0, 0.1) is 36.0 Å². The zero-order valence-corrected chi connectivity index (χ0v) is 19.9. The fourth-order valence-electron chi connectivity index (χ4n) is 1.47. The summed E-state index contributed by atoms with van der Waals surface area (Å²) in [7, 11) is 0. The molecule has 8 nitrogen and oxygen atoms in total. The number of carbonyl (C=O) groups is 3. The second-order valence-electron chi connectivity index (χ2n) is 5.04. The largest absolute Gasteiger partial charge is 0.348 e. The van der Waals surface area contributed by atoms with Crippen LogP contribution in [0.1, 0.15) is 11.3 Å². The number of halogens is 2. The molecule has 0 unspecified atom stereocenters. The van der Waals surface area contributed by atoms with Gasteiger partial charge in [0.15, 0.2) is 0 Å². The first-order valence-electron chi connectivity index (χ1n) is 8.72. The Kier molecular flexibility index (Phi) is 18.3. The molecule has 32 heavy (non-hydrogen) atoms. The molecule has 0 aliphatic carbocycles. The minimum Gasteiger partial charge on any atom is -0.348 e. The normalized spacial score (nSPS) is 7.91. The van der Waals surface area contributed by atoms with E-state index in [0.717, 1.165) is 14.6 Å². The van der Waals surface area contributed by atoms with Gasteiger partial charge in [-0.05, 0) is 62.0 Å². The van der Waals surface area contributed by atoms with Crippen molar-refractivity contribution in [2.24, 2.45) is 0 Å². The SMILES string of the molecule is Brc1ccc(Br)nc1.C#CCNC=O.O=CNCC#Cc1ccc(C#CCNC=O)nc1. The first-order chi connectivity index (χ1) is 15.6. The first kappa shape index (κ1) is 28.4. The third-order valence-corrected chi connectivity index (χ3v) is 3.68. The molecule has 0 radical (unpaired) electrons. The molecule has 2 heterocycles. The number of hydrogen-bond donors (Lipinski definition) is 3. The number of amides is 3. The third kappa shape index (κ3) is 17.2. The van der Waals surface area contributed by atoms with Gasteiger partial charge in [-0.25, -0.2) is 9.97 Å². The second kappa shape index (κ2) is 20.6. The molecule has 0 saturated heterocycles. The number of nitrogens with zero attached hydrogens (tertiary/aromatic N) is 2. The van der Waals surface area contributed by atoms with Crippen LogP contribution in [-0.2, 0) is 14.4 Å². The zero-order valence-electron chi connectivity index (χ0n) is 16.8. The minimum atomic E-state index is 0.296. The fraction of sp³-hybridized carbons (Fsp3) is 0.136. The summed E-state index contributed by atoms with van der Waals surface area (Å²) in [6.07, 6.45) is 9.84. The Hall–Kier alpha value is -3.65. The molecule has 0 bridgehead atoms. The lowest BCUT2D eigenvalue weighted by Gasteiger charge is -1.91. The molecule has 0 fully saturated rings. The van der Waals surface area contributed by atoms with E-state index < -0.39 is 0 Å². The number of aromatic nitrogens is 2. The van der Waals surface area contributed by atoms with Gasteiger partial charge in [0.25, 0.3) is 0 Å². The number of pyridine rings is 2. The third-order valence-electron chi connectivity index (χ3n) is 2.74. The average molecular weight is 561 g/mol. The molecule has 3 N–H and O–H groups in total. The molecule has 3 amide bonds. The highest BCUT2D eigenvalue weighted by Crippen LogP contribution is 2.10. The Morgan fingerprint density at radius 2 is 1.44 bits per heavy atom. The monoisotopic (exact) mass is 559 g/mol. The topological polar surface area (TPSA) is 113 Å². The standard InChI is InChI=1S/C13H11N3O2.C5H3Br2N.C4H5NO/c17-10-14-7-1-3-12-5-6-13(16-9-12)4-2-8-15-11-18;6-4-1-2-5(7)8-3-4;1-2-3-5-4-6/h5-6,9-11H,7-8H2,(H,14,17)(H,15,18);1-3H;1,4H,3H2,(H,5,6). The molecule has 0 aromatic carbocycles. The van der Waals surface area contributed by atoms with Crippen LogP contribution in [0.5, 0.6) is 0 Å². The minimum absolute atomic E-state index is 0.296. The van der Waals surface area contributed by atoms with Gasteiger partial charge in [-0.2, -0.15) is 0 Å². The number of hydrogen-bond acceptors (Lipinski definition) is 5. The van der Waals surface area contributed by atoms with E-state index in [9.17, 15) is 14.4 Å². The Morgan fingerprint density at radius 1 is 0.812 bits per heavy atom. The van der Waals surface area contributed by atoms with E-state index in [1.54, 1.807) is 24.5 Å². The molecule has 0 aliphatic heterocycles. The van der Waals surface area contributed by atoms with E-state index in [4.69, 9.17) is 6.42 Å². The summed E-state index contributed by atoms with van der Waals surface area (Å²) in [4.78, 5) is 37.3. The lowest BCUT2D eigenvalue weighted by Crippen LogP contribution is -2.09. The molecule has 164 valence electrons. The van der Waals surface area contributed by atoms with Crippen LogP contribution >= 0.6 is 31.9 Å². The van der Waals surface area contributed by atoms with Crippen LogP contribution in [-0.4, -0.2) is 48.8 Å². The molecule has 0 aliphatic rings. The maximum atomic E-state index is 9.97. The summed E-state index contributed by atoms with van der Waals surface area (Å²) >= 11 is 6.48. The smallest absolute Gasteiger partial charge is 0.207 e. The number of terminal acetylenes is 1. The van der Waals surface area contributed by atoms with E-state index in [-0.39, 0.29) is 0 Å². The van der Waals surface area contributed by atoms with Gasteiger partial charge in [-0.3, -0.25) is 14.4 Å². The van der Waals surface area contributed by atoms with E-state index in [1.165, 1.54) is 0 Å². The number of rotatable bonds is 6. The number of nitrogens with one attached hydrogen (secondary N) is 3. The first-order valence-corrected chi connectivity index (χ1v) is 10.3. The average Bonchev–Trinajstić information content (AvgIpc) is 2.82. The van der Waals surface area contributed by atoms with Gasteiger partial charge in [0.05, 0.1) is 19.6 Å². The Bertz CT molecular complexity index is 913. The van der Waals surface area contributed by atoms with Crippen molar-refractivity contribution in [2.45, 2.75) is 0 Å². The van der Waals surface area contributed by atoms with Crippen molar-refractivity contribution < 1.29 is 14.4 Å². The zero-order chi connectivity index (χ0) is 23.9. The quantitative estimate of drug-likeness (QED) is 0.213. The van der Waals surface area contributed by atoms with Crippen molar-refractivity contribution in [3.63, 3.8) is 0 Å². The predicted octanol–water partition coefficient (Wildman–Crippen LogP) is 1.25. The van der Waals surface area contributed by atoms with Crippen molar-refractivity contribution in [3.05, 3.63) is 57.0 Å². The van der Waals surface area contributed by atoms with Crippen molar-refractivity contribution in [1.29, 1.82) is 0 Å². The van der Waals surface area contributed by atoms with Crippen LogP contribution in [0.3, 0.4) is 0 Å². The predicted molar refractivity (Wildman–Crippen MR) is 129 cm³/mol. The van der Waals surface area contributed by atoms with Crippen LogP contribution < -0.4 is 16.0 Å². The Morgan fingerprint density at radius 3 is 1.88 bits per heavy atom. The molecule has 0 saturated carbocycles. The van der Waals surface area contributed by atoms with E-state index in [1.807, 2.05) is 12.1 Å². The van der Waals surface area contributed by atoms with Crippen molar-refractivity contribution in [3.8, 4) is 36.0 Å². The molecule has 2 aromatic rings. The van der Waals surface area contributed by atoms with Gasteiger partial charge >= 0.3 is 0 Å². The molecule has 2 rings (SSSR count). The molecular weight excluding hydrogens is 542 g/mol. The number of carbonyl (C=O) groups excluding carboxylic acids is 3. The summed E-state index contributed by atoms with van der Waals surface area (Å²) in [5, 5.41) is 7.15. The fourth-order valence-corrected chi connectivity index (χ4v) is 1.94. The lowest BCUT2D eigenvalue weighted by molar-refractivity contribution is -0.110. The summed E-state index contributed by atoms with van der Waals surface area (Å²) < 4.78 is 1.86. The highest BCUT2D eigenvalue weighted by Gasteiger charge is 1.89. The van der Waals surface area contributed by atoms with E-state index in [0.29, 0.717) is 44.6 Å². The second-order valence-corrected chi connectivity index (χ2v) is 6.76. The van der Waals surface area contributed by atoms with Crippen LogP contribution in [0.4, 0.5) is 0 Å². The van der Waals surface area contributed by atoms with Gasteiger partial charge < -0.3 is 16.0 Å². The van der Waals surface area contributed by atoms with E-state index in [2.05, 4.69) is 87.4 Å². The summed E-state index contributed by atoms with van der Waals surface area (Å²) in [6.45, 7) is 0.927. The highest BCUT2D eigenvalue weighted by molar-refractivity contribution is 9.11. The summed E-state index contributed by atoms with van der Waals surface area (Å²) in [5.41, 5.74) is 1.36. The summed E-state index contributed by atoms with van der Waals surface area (Å²) in [6, 6.07) is 7.34. The molecular formula is C22H19Br2N5O3. The van der Waals surface area contributed by atoms with Gasteiger partial charge in [0.1, 0.15) is 10.3 Å². The summed E-state index contributed by atoms with van der Waals surface area (Å²) in [5.74, 6) is 13.4. The van der Waals surface area contributed by atoms with E-state index >= 15 is 0 Å². The Balaban J connectivity index is 0.000000562. The van der Waals surface area contributed by atoms with Gasteiger partial charge in [0.2, 0.25) is 19.2 Å². The highest BCUT2D eigenvalue weighted by atomic mass is 79.9. The van der Waals surface area contributed by atoms with Gasteiger partial charge in [0, 0.05) is 22.4 Å². The maximum Gasteiger partial charge on any atom is 0.207 e. The Labute approximate surface area is 203 Å². The molecule has 2 aromatic heterocycles. The van der Waals surface area contributed by atoms with Crippen molar-refractivity contribution in [1.82, 2.24) is 25.9 Å². The molecule has 0 spiro atoms. The van der Waals surface area contributed by atoms with Gasteiger partial charge in [-0.15, -0.1) is 6.42 Å². The lowest BCUT2D eigenvalue weighted by atomic mass is 10.2. The van der Waals surface area contributed by atoms with Crippen molar-refractivity contribution >= 4 is 51.1 Å². The van der Waals surface area contributed by atoms with Crippen LogP contribution in [0.2, 0.25) is 0 Å². The maximum absolute atomic E-state index is 9.97. The molecule has 10 heteroatoms. The van der Waals surface area contributed by atoms with Crippen LogP contribution in [0.25, 0.3) is 0 Å². The van der Waals surface area contributed by atoms with Gasteiger partial charge in [-0.1, -0.05) is 23.7 Å².